The highest BCUT2D eigenvalue weighted by Gasteiger charge is 2.46. The summed E-state index contributed by atoms with van der Waals surface area (Å²) in [7, 11) is 0. The van der Waals surface area contributed by atoms with Gasteiger partial charge in [0.05, 0.1) is 6.04 Å². The van der Waals surface area contributed by atoms with Crippen LogP contribution < -0.4 is 5.32 Å². The molecule has 1 saturated heterocycles. The van der Waals surface area contributed by atoms with Gasteiger partial charge in [-0.2, -0.15) is 13.2 Å². The molecule has 134 valence electrons. The van der Waals surface area contributed by atoms with Crippen molar-refractivity contribution < 1.29 is 27.5 Å². The number of halogens is 3. The Hall–Kier alpha value is -1.47. The highest BCUT2D eigenvalue weighted by atomic mass is 19.4. The van der Waals surface area contributed by atoms with Crippen molar-refractivity contribution in [2.75, 3.05) is 13.1 Å². The van der Waals surface area contributed by atoms with E-state index in [2.05, 4.69) is 5.32 Å². The molecular weight excluding hydrogens is 313 g/mol. The number of alkyl halides is 3. The van der Waals surface area contributed by atoms with Crippen molar-refractivity contribution >= 4 is 12.0 Å². The molecule has 0 aromatic rings. The van der Waals surface area contributed by atoms with E-state index in [1.54, 1.807) is 27.7 Å². The smallest absolute Gasteiger partial charge is 0.444 e. The lowest BCUT2D eigenvalue weighted by molar-refractivity contribution is -0.188. The minimum Gasteiger partial charge on any atom is -0.444 e. The maximum Gasteiger partial charge on any atom is 0.471 e. The first-order valence-electron chi connectivity index (χ1n) is 7.70. The van der Waals surface area contributed by atoms with E-state index < -0.39 is 29.8 Å². The first-order chi connectivity index (χ1) is 10.3. The molecule has 2 amide bonds. The molecule has 0 saturated carbocycles. The number of amides is 2. The zero-order valence-corrected chi connectivity index (χ0v) is 14.2. The van der Waals surface area contributed by atoms with E-state index in [1.165, 1.54) is 0 Å². The summed E-state index contributed by atoms with van der Waals surface area (Å²) < 4.78 is 43.1. The fourth-order valence-electron chi connectivity index (χ4n) is 2.97. The van der Waals surface area contributed by atoms with Crippen LogP contribution in [-0.4, -0.2) is 47.8 Å². The van der Waals surface area contributed by atoms with Gasteiger partial charge >= 0.3 is 18.2 Å². The maximum atomic E-state index is 12.6. The van der Waals surface area contributed by atoms with Gasteiger partial charge in [0, 0.05) is 13.1 Å². The summed E-state index contributed by atoms with van der Waals surface area (Å²) in [5, 5.41) is 2.62. The number of alkyl carbamates (subject to hydrolysis) is 1. The van der Waals surface area contributed by atoms with Crippen molar-refractivity contribution in [2.24, 2.45) is 11.8 Å². The van der Waals surface area contributed by atoms with Crippen LogP contribution in [0.2, 0.25) is 0 Å². The summed E-state index contributed by atoms with van der Waals surface area (Å²) in [4.78, 5) is 24.1. The first-order valence-corrected chi connectivity index (χ1v) is 7.70. The van der Waals surface area contributed by atoms with Crippen LogP contribution in [0.25, 0.3) is 0 Å². The Balaban J connectivity index is 2.84. The summed E-state index contributed by atoms with van der Waals surface area (Å²) in [5.74, 6) is -2.03. The Morgan fingerprint density at radius 1 is 1.22 bits per heavy atom. The van der Waals surface area contributed by atoms with Gasteiger partial charge in [-0.1, -0.05) is 20.3 Å². The minimum absolute atomic E-state index is 0.0141. The monoisotopic (exact) mass is 338 g/mol. The lowest BCUT2D eigenvalue weighted by atomic mass is 9.81. The molecule has 1 aliphatic rings. The molecule has 0 aliphatic carbocycles. The predicted octanol–water partition coefficient (Wildman–Crippen LogP) is 2.95. The van der Waals surface area contributed by atoms with Gasteiger partial charge in [-0.3, -0.25) is 4.79 Å². The second kappa shape index (κ2) is 6.97. The van der Waals surface area contributed by atoms with Gasteiger partial charge in [0.1, 0.15) is 5.60 Å². The van der Waals surface area contributed by atoms with Crippen molar-refractivity contribution in [2.45, 2.75) is 58.9 Å². The van der Waals surface area contributed by atoms with Crippen LogP contribution in [0.5, 0.6) is 0 Å². The maximum absolute atomic E-state index is 12.6. The average Bonchev–Trinajstić information content (AvgIpc) is 2.33. The van der Waals surface area contributed by atoms with E-state index in [0.717, 1.165) is 4.90 Å². The van der Waals surface area contributed by atoms with Crippen molar-refractivity contribution in [1.29, 1.82) is 0 Å². The molecule has 1 fully saturated rings. The molecule has 1 aliphatic heterocycles. The van der Waals surface area contributed by atoms with Crippen LogP contribution in [0, 0.1) is 11.8 Å². The van der Waals surface area contributed by atoms with Crippen LogP contribution in [0.1, 0.15) is 41.0 Å². The second-order valence-corrected chi connectivity index (χ2v) is 7.01. The fraction of sp³-hybridized carbons (Fsp3) is 0.867. The summed E-state index contributed by atoms with van der Waals surface area (Å²) >= 11 is 0. The number of carbonyl (C=O) groups is 2. The third-order valence-electron chi connectivity index (χ3n) is 3.88. The van der Waals surface area contributed by atoms with Gasteiger partial charge in [0.15, 0.2) is 0 Å². The van der Waals surface area contributed by atoms with Crippen LogP contribution in [0.4, 0.5) is 18.0 Å². The Morgan fingerprint density at radius 3 is 2.22 bits per heavy atom. The number of hydrogen-bond donors (Lipinski definition) is 1. The second-order valence-electron chi connectivity index (χ2n) is 7.01. The van der Waals surface area contributed by atoms with Crippen LogP contribution in [0.15, 0.2) is 0 Å². The number of nitrogens with one attached hydrogen (secondary N) is 1. The number of carbonyl (C=O) groups excluding carboxylic acids is 2. The SMILES string of the molecule is CC[C@@H]1[C@H](C)CN(C(=O)C(F)(F)F)C[C@H]1NC(=O)OC(C)(C)C. The predicted molar refractivity (Wildman–Crippen MR) is 78.7 cm³/mol. The van der Waals surface area contributed by atoms with Crippen LogP contribution in [-0.2, 0) is 9.53 Å². The number of rotatable bonds is 2. The number of likely N-dealkylation sites (tertiary alicyclic amines) is 1. The van der Waals surface area contributed by atoms with Crippen molar-refractivity contribution in [3.05, 3.63) is 0 Å². The van der Waals surface area contributed by atoms with E-state index in [0.29, 0.717) is 6.42 Å². The third-order valence-corrected chi connectivity index (χ3v) is 3.88. The molecule has 0 aromatic carbocycles. The van der Waals surface area contributed by atoms with E-state index in [1.807, 2.05) is 6.92 Å². The minimum atomic E-state index is -4.91. The average molecular weight is 338 g/mol. The first kappa shape index (κ1) is 19.6. The number of ether oxygens (including phenoxy) is 1. The van der Waals surface area contributed by atoms with E-state index >= 15 is 0 Å². The number of hydrogen-bond acceptors (Lipinski definition) is 3. The van der Waals surface area contributed by atoms with E-state index in [4.69, 9.17) is 4.74 Å². The Bertz CT molecular complexity index is 446. The van der Waals surface area contributed by atoms with Gasteiger partial charge in [-0.05, 0) is 32.6 Å². The highest BCUT2D eigenvalue weighted by molar-refractivity contribution is 5.82. The Labute approximate surface area is 134 Å². The lowest BCUT2D eigenvalue weighted by Gasteiger charge is -2.42. The molecule has 0 aromatic heterocycles. The number of nitrogens with zero attached hydrogens (tertiary/aromatic N) is 1. The van der Waals surface area contributed by atoms with Crippen LogP contribution in [0.3, 0.4) is 0 Å². The zero-order chi connectivity index (χ0) is 18.0. The molecule has 1 rings (SSSR count). The van der Waals surface area contributed by atoms with Gasteiger partial charge in [0.25, 0.3) is 0 Å². The summed E-state index contributed by atoms with van der Waals surface area (Å²) in [6, 6.07) is -0.565. The Kier molecular flexibility index (Phi) is 5.93. The molecular formula is C15H25F3N2O3. The highest BCUT2D eigenvalue weighted by Crippen LogP contribution is 2.29. The van der Waals surface area contributed by atoms with E-state index in [9.17, 15) is 22.8 Å². The summed E-state index contributed by atoms with van der Waals surface area (Å²) in [6.45, 7) is 8.66. The quantitative estimate of drug-likeness (QED) is 0.842. The van der Waals surface area contributed by atoms with Crippen molar-refractivity contribution in [1.82, 2.24) is 10.2 Å². The van der Waals surface area contributed by atoms with Gasteiger partial charge in [-0.15, -0.1) is 0 Å². The van der Waals surface area contributed by atoms with Gasteiger partial charge in [-0.25, -0.2) is 4.79 Å². The molecule has 8 heteroatoms. The van der Waals surface area contributed by atoms with Gasteiger partial charge < -0.3 is 15.0 Å². The third kappa shape index (κ3) is 5.58. The van der Waals surface area contributed by atoms with Gasteiger partial charge in [0.2, 0.25) is 0 Å². The summed E-state index contributed by atoms with van der Waals surface area (Å²) in [5.41, 5.74) is -0.701. The molecule has 0 spiro atoms. The number of piperidine rings is 1. The lowest BCUT2D eigenvalue weighted by Crippen LogP contribution is -2.59. The molecule has 1 heterocycles. The molecule has 23 heavy (non-hydrogen) atoms. The van der Waals surface area contributed by atoms with Crippen molar-refractivity contribution in [3.8, 4) is 0 Å². The molecule has 5 nitrogen and oxygen atoms in total. The fourth-order valence-corrected chi connectivity index (χ4v) is 2.97. The largest absolute Gasteiger partial charge is 0.471 e. The zero-order valence-electron chi connectivity index (χ0n) is 14.2. The molecule has 0 radical (unpaired) electrons. The molecule has 0 unspecified atom stereocenters. The van der Waals surface area contributed by atoms with Crippen molar-refractivity contribution in [3.63, 3.8) is 0 Å². The topological polar surface area (TPSA) is 58.6 Å². The van der Waals surface area contributed by atoms with Crippen LogP contribution >= 0.6 is 0 Å². The normalized spacial score (nSPS) is 25.9. The molecule has 0 bridgehead atoms. The molecule has 1 N–H and O–H groups in total. The standard InChI is InChI=1S/C15H25F3N2O3/c1-6-10-9(2)7-20(12(21)15(16,17)18)8-11(10)19-13(22)23-14(3,4)5/h9-11H,6-8H2,1-5H3,(H,19,22)/t9-,10-,11-/m1/s1. The van der Waals surface area contributed by atoms with E-state index in [-0.39, 0.29) is 24.9 Å². The summed E-state index contributed by atoms with van der Waals surface area (Å²) in [6.07, 6.45) is -4.90. The molecule has 3 atom stereocenters. The Morgan fingerprint density at radius 2 is 1.78 bits per heavy atom.